The first-order valence-electron chi connectivity index (χ1n) is 16.1. The molecule has 9 nitrogen and oxygen atoms in total. The lowest BCUT2D eigenvalue weighted by Gasteiger charge is -2.16. The molecule has 1 heterocycles. The lowest BCUT2D eigenvalue weighted by atomic mass is 9.99. The van der Waals surface area contributed by atoms with Crippen LogP contribution < -0.4 is 10.0 Å². The summed E-state index contributed by atoms with van der Waals surface area (Å²) in [6, 6.07) is 17.3. The highest BCUT2D eigenvalue weighted by Crippen LogP contribution is 2.38. The first-order chi connectivity index (χ1) is 25.1. The second-order valence-corrected chi connectivity index (χ2v) is 13.8. The van der Waals surface area contributed by atoms with Crippen LogP contribution in [0.1, 0.15) is 52.5 Å². The molecule has 0 fully saturated rings. The van der Waals surface area contributed by atoms with Gasteiger partial charge in [0.2, 0.25) is 5.91 Å². The van der Waals surface area contributed by atoms with Crippen molar-refractivity contribution in [3.05, 3.63) is 130 Å². The third-order valence-electron chi connectivity index (χ3n) is 8.12. The summed E-state index contributed by atoms with van der Waals surface area (Å²) in [7, 11) is -3.28. The molecule has 0 bridgehead atoms. The molecule has 0 aliphatic heterocycles. The number of unbranched alkanes of at least 4 members (excludes halogenated alkanes) is 1. The van der Waals surface area contributed by atoms with Crippen molar-refractivity contribution >= 4 is 39.1 Å². The minimum absolute atomic E-state index is 0.0361. The molecule has 5 rings (SSSR count). The first kappa shape index (κ1) is 39.1. The SMILES string of the molecule is CCCCc1nn(-c2cc(NC(=O)COC)ccc2C(F)(F)F)c(Cl)c1Cc1ccc(-c2ccccc2S(=O)(=O)NC(=O)c2ccccc2F)cc1F. The molecule has 0 saturated heterocycles. The number of sulfonamides is 1. The van der Waals surface area contributed by atoms with E-state index in [1.165, 1.54) is 55.6 Å². The molecule has 2 amide bonds. The smallest absolute Gasteiger partial charge is 0.375 e. The maximum atomic E-state index is 15.9. The number of hydrogen-bond acceptors (Lipinski definition) is 6. The molecule has 0 atom stereocenters. The number of aromatic nitrogens is 2. The molecule has 0 saturated carbocycles. The van der Waals surface area contributed by atoms with Crippen molar-refractivity contribution in [2.45, 2.75) is 43.7 Å². The standard InChI is InChI=1S/C37H32ClF5N4O5S/c1-3-4-12-31-27(35(38)47(45-31)32-20-24(44-34(48)21-52-2)16-17-28(32)37(41,42)43)18-23-15-14-22(19-30(23)40)25-9-6-8-13-33(25)53(50,51)46-36(49)26-10-5-7-11-29(26)39/h5-11,13-17,19-20H,3-4,12,18,21H2,1-2H3,(H,44,48)(H,46,49). The number of carbonyl (C=O) groups excluding carboxylic acids is 2. The summed E-state index contributed by atoms with van der Waals surface area (Å²) in [5.74, 6) is -3.49. The van der Waals surface area contributed by atoms with Gasteiger partial charge in [0, 0.05) is 30.3 Å². The minimum atomic E-state index is -4.82. The van der Waals surface area contributed by atoms with E-state index in [1.807, 2.05) is 11.6 Å². The van der Waals surface area contributed by atoms with Gasteiger partial charge in [0.15, 0.2) is 0 Å². The van der Waals surface area contributed by atoms with E-state index in [2.05, 4.69) is 10.4 Å². The Hall–Kier alpha value is -5.12. The number of alkyl halides is 3. The second kappa shape index (κ2) is 16.3. The van der Waals surface area contributed by atoms with Crippen LogP contribution in [0.4, 0.5) is 27.6 Å². The number of anilines is 1. The number of amides is 2. The number of halogens is 6. The maximum absolute atomic E-state index is 15.9. The third kappa shape index (κ3) is 8.92. The zero-order chi connectivity index (χ0) is 38.5. The molecule has 0 spiro atoms. The Bertz CT molecular complexity index is 2280. The molecule has 0 radical (unpaired) electrons. The monoisotopic (exact) mass is 774 g/mol. The summed E-state index contributed by atoms with van der Waals surface area (Å²) < 4.78 is 107. The maximum Gasteiger partial charge on any atom is 0.418 e. The van der Waals surface area contributed by atoms with Crippen LogP contribution in [0.5, 0.6) is 0 Å². The van der Waals surface area contributed by atoms with E-state index in [-0.39, 0.29) is 51.0 Å². The lowest BCUT2D eigenvalue weighted by molar-refractivity contribution is -0.137. The number of aryl methyl sites for hydroxylation is 1. The molecule has 278 valence electrons. The molecule has 53 heavy (non-hydrogen) atoms. The average Bonchev–Trinajstić information content (AvgIpc) is 3.41. The summed E-state index contributed by atoms with van der Waals surface area (Å²) in [5.41, 5.74) is -1.13. The number of benzene rings is 4. The van der Waals surface area contributed by atoms with Gasteiger partial charge in [0.05, 0.1) is 27.4 Å². The van der Waals surface area contributed by atoms with Crippen LogP contribution in [0.25, 0.3) is 16.8 Å². The van der Waals surface area contributed by atoms with Crippen molar-refractivity contribution in [3.63, 3.8) is 0 Å². The average molecular weight is 775 g/mol. The van der Waals surface area contributed by atoms with Gasteiger partial charge >= 0.3 is 6.18 Å². The fourth-order valence-corrected chi connectivity index (χ4v) is 7.07. The molecule has 1 aromatic heterocycles. The lowest BCUT2D eigenvalue weighted by Crippen LogP contribution is -2.31. The van der Waals surface area contributed by atoms with Crippen LogP contribution in [0.3, 0.4) is 0 Å². The fraction of sp³-hybridized carbons (Fsp3) is 0.216. The van der Waals surface area contributed by atoms with Crippen molar-refractivity contribution < 1.29 is 44.7 Å². The summed E-state index contributed by atoms with van der Waals surface area (Å²) in [5, 5.41) is 6.69. The highest BCUT2D eigenvalue weighted by atomic mass is 35.5. The fourth-order valence-electron chi connectivity index (χ4n) is 5.57. The topological polar surface area (TPSA) is 119 Å². The summed E-state index contributed by atoms with van der Waals surface area (Å²) in [6.07, 6.45) is -3.39. The Labute approximate surface area is 306 Å². The van der Waals surface area contributed by atoms with Crippen LogP contribution >= 0.6 is 11.6 Å². The predicted molar refractivity (Wildman–Crippen MR) is 188 cm³/mol. The van der Waals surface area contributed by atoms with E-state index in [4.69, 9.17) is 16.3 Å². The van der Waals surface area contributed by atoms with E-state index in [0.717, 1.165) is 41.1 Å². The van der Waals surface area contributed by atoms with Gasteiger partial charge in [-0.15, -0.1) is 0 Å². The van der Waals surface area contributed by atoms with E-state index in [1.54, 1.807) is 0 Å². The summed E-state index contributed by atoms with van der Waals surface area (Å²) in [4.78, 5) is 24.4. The van der Waals surface area contributed by atoms with Gasteiger partial charge in [-0.25, -0.2) is 26.6 Å². The van der Waals surface area contributed by atoms with Crippen LogP contribution in [0, 0.1) is 11.6 Å². The Balaban J connectivity index is 1.51. The number of rotatable bonds is 13. The quantitative estimate of drug-likeness (QED) is 0.117. The van der Waals surface area contributed by atoms with E-state index in [0.29, 0.717) is 25.0 Å². The van der Waals surface area contributed by atoms with Crippen LogP contribution in [0.15, 0.2) is 89.8 Å². The van der Waals surface area contributed by atoms with Crippen LogP contribution in [-0.4, -0.2) is 43.7 Å². The number of nitrogens with one attached hydrogen (secondary N) is 2. The number of ether oxygens (including phenoxy) is 1. The number of hydrogen-bond donors (Lipinski definition) is 2. The van der Waals surface area contributed by atoms with Crippen molar-refractivity contribution in [3.8, 4) is 16.8 Å². The van der Waals surface area contributed by atoms with Crippen molar-refractivity contribution in [1.29, 1.82) is 0 Å². The Morgan fingerprint density at radius 1 is 0.943 bits per heavy atom. The molecule has 4 aromatic carbocycles. The number of carbonyl (C=O) groups is 2. The molecular weight excluding hydrogens is 743 g/mol. The summed E-state index contributed by atoms with van der Waals surface area (Å²) >= 11 is 6.75. The number of methoxy groups -OCH3 is 1. The van der Waals surface area contributed by atoms with Gasteiger partial charge in [0.25, 0.3) is 15.9 Å². The molecule has 5 aromatic rings. The Morgan fingerprint density at radius 2 is 1.66 bits per heavy atom. The third-order valence-corrected chi connectivity index (χ3v) is 9.89. The van der Waals surface area contributed by atoms with Gasteiger partial charge in [-0.05, 0) is 66.4 Å². The van der Waals surface area contributed by atoms with Crippen LogP contribution in [0.2, 0.25) is 5.15 Å². The first-order valence-corrected chi connectivity index (χ1v) is 18.0. The molecule has 0 aliphatic rings. The van der Waals surface area contributed by atoms with Crippen molar-refractivity contribution in [2.24, 2.45) is 0 Å². The van der Waals surface area contributed by atoms with E-state index in [9.17, 15) is 35.6 Å². The van der Waals surface area contributed by atoms with E-state index >= 15 is 4.39 Å². The van der Waals surface area contributed by atoms with Gasteiger partial charge in [0.1, 0.15) is 23.4 Å². The van der Waals surface area contributed by atoms with Gasteiger partial charge in [-0.2, -0.15) is 18.3 Å². The van der Waals surface area contributed by atoms with Gasteiger partial charge < -0.3 is 10.1 Å². The molecule has 2 N–H and O–H groups in total. The number of nitrogens with zero attached hydrogens (tertiary/aromatic N) is 2. The van der Waals surface area contributed by atoms with Crippen molar-refractivity contribution in [1.82, 2.24) is 14.5 Å². The minimum Gasteiger partial charge on any atom is -0.375 e. The Morgan fingerprint density at radius 3 is 2.34 bits per heavy atom. The van der Waals surface area contributed by atoms with E-state index < -0.39 is 56.5 Å². The van der Waals surface area contributed by atoms with Crippen LogP contribution in [-0.2, 0) is 38.6 Å². The zero-order valence-corrected chi connectivity index (χ0v) is 29.8. The normalized spacial score (nSPS) is 11.8. The molecular formula is C37H32ClF5N4O5S. The highest BCUT2D eigenvalue weighted by Gasteiger charge is 2.36. The predicted octanol–water partition coefficient (Wildman–Crippen LogP) is 8.13. The largest absolute Gasteiger partial charge is 0.418 e. The summed E-state index contributed by atoms with van der Waals surface area (Å²) in [6.45, 7) is 1.58. The highest BCUT2D eigenvalue weighted by molar-refractivity contribution is 7.90. The zero-order valence-electron chi connectivity index (χ0n) is 28.2. The molecule has 0 unspecified atom stereocenters. The molecule has 0 aliphatic carbocycles. The van der Waals surface area contributed by atoms with Crippen molar-refractivity contribution in [2.75, 3.05) is 19.0 Å². The molecule has 16 heteroatoms. The Kier molecular flexibility index (Phi) is 12.0. The second-order valence-electron chi connectivity index (χ2n) is 11.8. The van der Waals surface area contributed by atoms with Gasteiger partial charge in [-0.3, -0.25) is 9.59 Å². The van der Waals surface area contributed by atoms with Gasteiger partial charge in [-0.1, -0.05) is 67.4 Å².